The lowest BCUT2D eigenvalue weighted by molar-refractivity contribution is 0.0998. The van der Waals surface area contributed by atoms with Crippen molar-refractivity contribution in [2.24, 2.45) is 4.99 Å². The average Bonchev–Trinajstić information content (AvgIpc) is 3.18. The molecule has 0 radical (unpaired) electrons. The van der Waals surface area contributed by atoms with E-state index in [2.05, 4.69) is 37.4 Å². The summed E-state index contributed by atoms with van der Waals surface area (Å²) >= 11 is 6.64. The van der Waals surface area contributed by atoms with Gasteiger partial charge in [-0.3, -0.25) is 4.79 Å². The van der Waals surface area contributed by atoms with Crippen LogP contribution in [0, 0.1) is 0 Å². The lowest BCUT2D eigenvalue weighted by Crippen LogP contribution is -2.16. The number of amides is 1. The van der Waals surface area contributed by atoms with Gasteiger partial charge in [0.1, 0.15) is 0 Å². The molecule has 7 heteroatoms. The van der Waals surface area contributed by atoms with Crippen LogP contribution in [0.5, 0.6) is 0 Å². The van der Waals surface area contributed by atoms with Gasteiger partial charge >= 0.3 is 0 Å². The second-order valence-electron chi connectivity index (χ2n) is 5.17. The van der Waals surface area contributed by atoms with Crippen LogP contribution in [0.15, 0.2) is 51.4 Å². The maximum Gasteiger partial charge on any atom is 0.279 e. The van der Waals surface area contributed by atoms with Gasteiger partial charge in [0, 0.05) is 16.6 Å². The Morgan fingerprint density at radius 1 is 1.29 bits per heavy atom. The minimum atomic E-state index is -0.227. The van der Waals surface area contributed by atoms with Crippen LogP contribution in [-0.4, -0.2) is 15.5 Å². The van der Waals surface area contributed by atoms with Crippen LogP contribution < -0.4 is 4.80 Å². The summed E-state index contributed by atoms with van der Waals surface area (Å²) in [5, 5.41) is 0. The molecule has 0 aliphatic heterocycles. The highest BCUT2D eigenvalue weighted by atomic mass is 79.9. The number of rotatable bonds is 2. The van der Waals surface area contributed by atoms with Crippen LogP contribution in [0.25, 0.3) is 20.4 Å². The molecule has 24 heavy (non-hydrogen) atoms. The smallest absolute Gasteiger partial charge is 0.279 e. The zero-order valence-corrected chi connectivity index (χ0v) is 15.9. The van der Waals surface area contributed by atoms with Crippen molar-refractivity contribution < 1.29 is 4.79 Å². The first-order valence-electron chi connectivity index (χ1n) is 7.37. The normalized spacial score (nSPS) is 12.3. The molecule has 4 rings (SSSR count). The van der Waals surface area contributed by atoms with Crippen molar-refractivity contribution >= 4 is 64.9 Å². The summed E-state index contributed by atoms with van der Waals surface area (Å²) in [6.45, 7) is 2.81. The highest BCUT2D eigenvalue weighted by Gasteiger charge is 2.11. The van der Waals surface area contributed by atoms with Gasteiger partial charge in [0.05, 0.1) is 25.9 Å². The first-order valence-corrected chi connectivity index (χ1v) is 9.86. The molecule has 0 saturated carbocycles. The standard InChI is InChI=1S/C17H12BrN3OS2/c1-2-21-15-11(18)4-3-5-13(15)24-17(21)20-16(22)10-6-7-12-14(8-10)23-9-19-12/h3-9H,2H2,1H3. The van der Waals surface area contributed by atoms with E-state index in [4.69, 9.17) is 0 Å². The Kier molecular flexibility index (Phi) is 4.07. The molecule has 4 nitrogen and oxygen atoms in total. The number of hydrogen-bond acceptors (Lipinski definition) is 4. The minimum absolute atomic E-state index is 0.227. The Labute approximate surface area is 154 Å². The third-order valence-corrected chi connectivity index (χ3v) is 6.22. The predicted molar refractivity (Wildman–Crippen MR) is 103 cm³/mol. The zero-order valence-electron chi connectivity index (χ0n) is 12.7. The fourth-order valence-electron chi connectivity index (χ4n) is 2.61. The predicted octanol–water partition coefficient (Wildman–Crippen LogP) is 4.84. The fraction of sp³-hybridized carbons (Fsp3) is 0.118. The average molecular weight is 418 g/mol. The Bertz CT molecular complexity index is 1140. The summed E-state index contributed by atoms with van der Waals surface area (Å²) in [6, 6.07) is 11.6. The van der Waals surface area contributed by atoms with Gasteiger partial charge in [-0.05, 0) is 53.2 Å². The summed E-state index contributed by atoms with van der Waals surface area (Å²) < 4.78 is 5.18. The molecule has 0 fully saturated rings. The van der Waals surface area contributed by atoms with Crippen molar-refractivity contribution in [3.05, 3.63) is 56.7 Å². The third-order valence-electron chi connectivity index (χ3n) is 3.74. The first kappa shape index (κ1) is 15.7. The summed E-state index contributed by atoms with van der Waals surface area (Å²) in [7, 11) is 0. The maximum absolute atomic E-state index is 12.6. The molecule has 2 aromatic carbocycles. The van der Waals surface area contributed by atoms with E-state index in [1.165, 1.54) is 22.7 Å². The van der Waals surface area contributed by atoms with Gasteiger partial charge < -0.3 is 4.57 Å². The quantitative estimate of drug-likeness (QED) is 0.468. The third kappa shape index (κ3) is 2.62. The summed E-state index contributed by atoms with van der Waals surface area (Å²) in [5.41, 5.74) is 4.36. The van der Waals surface area contributed by atoms with Gasteiger partial charge in [0.15, 0.2) is 4.80 Å². The lowest BCUT2D eigenvalue weighted by Gasteiger charge is -2.02. The molecule has 0 saturated heterocycles. The van der Waals surface area contributed by atoms with E-state index in [0.29, 0.717) is 10.4 Å². The molecule has 120 valence electrons. The number of benzene rings is 2. The van der Waals surface area contributed by atoms with Crippen molar-refractivity contribution in [2.75, 3.05) is 0 Å². The number of para-hydroxylation sites is 1. The van der Waals surface area contributed by atoms with E-state index >= 15 is 0 Å². The van der Waals surface area contributed by atoms with Crippen LogP contribution >= 0.6 is 38.6 Å². The largest absolute Gasteiger partial charge is 0.316 e. The molecule has 0 bridgehead atoms. The van der Waals surface area contributed by atoms with Crippen LogP contribution in [-0.2, 0) is 6.54 Å². The Hall–Kier alpha value is -1.83. The first-order chi connectivity index (χ1) is 11.7. The monoisotopic (exact) mass is 417 g/mol. The number of carbonyl (C=O) groups excluding carboxylic acids is 1. The number of hydrogen-bond donors (Lipinski definition) is 0. The van der Waals surface area contributed by atoms with Crippen molar-refractivity contribution in [3.8, 4) is 0 Å². The molecule has 0 aliphatic rings. The molecule has 0 atom stereocenters. The number of fused-ring (bicyclic) bond motifs is 2. The summed E-state index contributed by atoms with van der Waals surface area (Å²) in [6.07, 6.45) is 0. The molecule has 1 amide bonds. The zero-order chi connectivity index (χ0) is 16.7. The fourth-order valence-corrected chi connectivity index (χ4v) is 5.15. The molecule has 0 unspecified atom stereocenters. The van der Waals surface area contributed by atoms with Crippen LogP contribution in [0.4, 0.5) is 0 Å². The Balaban J connectivity index is 1.86. The molecular weight excluding hydrogens is 406 g/mol. The molecular formula is C17H12BrN3OS2. The van der Waals surface area contributed by atoms with Gasteiger partial charge in [-0.15, -0.1) is 11.3 Å². The van der Waals surface area contributed by atoms with Gasteiger partial charge in [-0.25, -0.2) is 4.98 Å². The summed E-state index contributed by atoms with van der Waals surface area (Å²) in [5.74, 6) is -0.227. The number of nitrogens with zero attached hydrogens (tertiary/aromatic N) is 3. The van der Waals surface area contributed by atoms with E-state index in [0.717, 1.165) is 31.5 Å². The Morgan fingerprint density at radius 3 is 3.00 bits per heavy atom. The molecule has 0 N–H and O–H groups in total. The van der Waals surface area contributed by atoms with Gasteiger partial charge in [0.25, 0.3) is 5.91 Å². The van der Waals surface area contributed by atoms with Gasteiger partial charge in [-0.2, -0.15) is 4.99 Å². The van der Waals surface area contributed by atoms with Gasteiger partial charge in [-0.1, -0.05) is 17.4 Å². The number of halogens is 1. The van der Waals surface area contributed by atoms with E-state index in [1.54, 1.807) is 11.6 Å². The highest BCUT2D eigenvalue weighted by Crippen LogP contribution is 2.26. The van der Waals surface area contributed by atoms with Crippen molar-refractivity contribution in [1.29, 1.82) is 0 Å². The van der Waals surface area contributed by atoms with Crippen molar-refractivity contribution in [1.82, 2.24) is 9.55 Å². The number of aromatic nitrogens is 2. The van der Waals surface area contributed by atoms with E-state index in [1.807, 2.05) is 30.3 Å². The molecule has 0 aliphatic carbocycles. The van der Waals surface area contributed by atoms with E-state index < -0.39 is 0 Å². The SMILES string of the molecule is CCn1c(=NC(=O)c2ccc3ncsc3c2)sc2cccc(Br)c21. The van der Waals surface area contributed by atoms with E-state index in [9.17, 15) is 4.79 Å². The minimum Gasteiger partial charge on any atom is -0.316 e. The maximum atomic E-state index is 12.6. The molecule has 2 heterocycles. The van der Waals surface area contributed by atoms with Gasteiger partial charge in [0.2, 0.25) is 0 Å². The number of aryl methyl sites for hydroxylation is 1. The molecule has 0 spiro atoms. The van der Waals surface area contributed by atoms with Crippen molar-refractivity contribution in [3.63, 3.8) is 0 Å². The lowest BCUT2D eigenvalue weighted by atomic mass is 10.2. The number of thiazole rings is 2. The topological polar surface area (TPSA) is 47.2 Å². The van der Waals surface area contributed by atoms with Crippen LogP contribution in [0.1, 0.15) is 17.3 Å². The number of carbonyl (C=O) groups is 1. The highest BCUT2D eigenvalue weighted by molar-refractivity contribution is 9.10. The van der Waals surface area contributed by atoms with Crippen LogP contribution in [0.2, 0.25) is 0 Å². The van der Waals surface area contributed by atoms with Crippen LogP contribution in [0.3, 0.4) is 0 Å². The molecule has 4 aromatic rings. The van der Waals surface area contributed by atoms with E-state index in [-0.39, 0.29) is 5.91 Å². The summed E-state index contributed by atoms with van der Waals surface area (Å²) in [4.78, 5) is 21.9. The second kappa shape index (κ2) is 6.23. The Morgan fingerprint density at radius 2 is 2.17 bits per heavy atom. The van der Waals surface area contributed by atoms with Crippen molar-refractivity contribution in [2.45, 2.75) is 13.5 Å². The molecule has 2 aromatic heterocycles. The second-order valence-corrected chi connectivity index (χ2v) is 7.92.